The zero-order chi connectivity index (χ0) is 21.9. The number of rotatable bonds is 2. The molecule has 0 atom stereocenters. The Morgan fingerprint density at radius 3 is 1.24 bits per heavy atom. The lowest BCUT2D eigenvalue weighted by Gasteiger charge is -2.14. The maximum absolute atomic E-state index is 3.92. The van der Waals surface area contributed by atoms with E-state index < -0.39 is 0 Å². The molecule has 2 aromatic heterocycles. The lowest BCUT2D eigenvalue weighted by molar-refractivity contribution is 1.13. The van der Waals surface area contributed by atoms with Gasteiger partial charge in [-0.15, -0.1) is 0 Å². The van der Waals surface area contributed by atoms with Crippen molar-refractivity contribution in [3.63, 3.8) is 0 Å². The third kappa shape index (κ3) is 2.66. The van der Waals surface area contributed by atoms with Gasteiger partial charge in [0.2, 0.25) is 0 Å². The van der Waals surface area contributed by atoms with Crippen molar-refractivity contribution in [3.8, 4) is 11.4 Å². The number of hydrogen-bond donors (Lipinski definition) is 0. The van der Waals surface area contributed by atoms with Gasteiger partial charge in [-0.05, 0) is 58.4 Å². The smallest absolute Gasteiger partial charge is 0.0605 e. The van der Waals surface area contributed by atoms with E-state index in [-0.39, 0.29) is 0 Å². The highest BCUT2D eigenvalue weighted by atomic mass is 79.9. The maximum atomic E-state index is 3.92. The van der Waals surface area contributed by atoms with Crippen LogP contribution >= 0.6 is 15.9 Å². The van der Waals surface area contributed by atoms with E-state index >= 15 is 0 Å². The fourth-order valence-electron chi connectivity index (χ4n) is 5.20. The third-order valence-corrected chi connectivity index (χ3v) is 7.23. The maximum Gasteiger partial charge on any atom is 0.0605 e. The summed E-state index contributed by atoms with van der Waals surface area (Å²) in [5.74, 6) is 0. The van der Waals surface area contributed by atoms with Crippen LogP contribution in [0.25, 0.3) is 55.0 Å². The number of fused-ring (bicyclic) bond motifs is 6. The molecule has 0 aliphatic rings. The minimum atomic E-state index is 1.06. The van der Waals surface area contributed by atoms with Crippen molar-refractivity contribution in [1.29, 1.82) is 0 Å². The summed E-state index contributed by atoms with van der Waals surface area (Å²) in [4.78, 5) is 0. The van der Waals surface area contributed by atoms with Crippen LogP contribution in [0.15, 0.2) is 120 Å². The van der Waals surface area contributed by atoms with Crippen LogP contribution < -0.4 is 0 Å². The number of nitrogens with zero attached hydrogens (tertiary/aromatic N) is 2. The predicted molar refractivity (Wildman–Crippen MR) is 143 cm³/mol. The largest absolute Gasteiger partial charge is 0.309 e. The van der Waals surface area contributed by atoms with Gasteiger partial charge in [0.1, 0.15) is 0 Å². The Kier molecular flexibility index (Phi) is 4.02. The minimum Gasteiger partial charge on any atom is -0.309 e. The molecule has 156 valence electrons. The van der Waals surface area contributed by atoms with Crippen LogP contribution in [0.2, 0.25) is 0 Å². The molecule has 0 bridgehead atoms. The fourth-order valence-corrected chi connectivity index (χ4v) is 5.74. The second kappa shape index (κ2) is 7.09. The van der Waals surface area contributed by atoms with Crippen molar-refractivity contribution < 1.29 is 0 Å². The molecule has 0 saturated carbocycles. The van der Waals surface area contributed by atoms with Gasteiger partial charge >= 0.3 is 0 Å². The van der Waals surface area contributed by atoms with Crippen molar-refractivity contribution in [2.24, 2.45) is 0 Å². The van der Waals surface area contributed by atoms with Crippen LogP contribution in [0, 0.1) is 0 Å². The summed E-state index contributed by atoms with van der Waals surface area (Å²) in [5.41, 5.74) is 7.14. The summed E-state index contributed by atoms with van der Waals surface area (Å²) < 4.78 is 5.77. The van der Waals surface area contributed by atoms with E-state index in [9.17, 15) is 0 Å². The second-order valence-corrected chi connectivity index (χ2v) is 9.23. The monoisotopic (exact) mass is 486 g/mol. The lowest BCUT2D eigenvalue weighted by Crippen LogP contribution is -1.98. The summed E-state index contributed by atoms with van der Waals surface area (Å²) in [6.45, 7) is 0. The van der Waals surface area contributed by atoms with Crippen LogP contribution in [0.1, 0.15) is 0 Å². The predicted octanol–water partition coefficient (Wildman–Crippen LogP) is 8.64. The van der Waals surface area contributed by atoms with E-state index in [0.29, 0.717) is 0 Å². The molecule has 2 nitrogen and oxygen atoms in total. The Bertz CT molecular complexity index is 1730. The SMILES string of the molecule is Brc1cc(-n2c3ccccc3c3ccccc32)ccc1-n1c2ccccc2c2ccccc21. The van der Waals surface area contributed by atoms with Gasteiger partial charge in [0.15, 0.2) is 0 Å². The molecule has 0 fully saturated rings. The number of benzene rings is 5. The summed E-state index contributed by atoms with van der Waals surface area (Å²) in [6, 6.07) is 41.2. The zero-order valence-corrected chi connectivity index (χ0v) is 19.3. The second-order valence-electron chi connectivity index (χ2n) is 8.38. The van der Waals surface area contributed by atoms with Crippen molar-refractivity contribution in [2.45, 2.75) is 0 Å². The van der Waals surface area contributed by atoms with Crippen LogP contribution in [0.3, 0.4) is 0 Å². The minimum absolute atomic E-state index is 1.06. The molecule has 0 unspecified atom stereocenters. The number of para-hydroxylation sites is 4. The fraction of sp³-hybridized carbons (Fsp3) is 0. The van der Waals surface area contributed by atoms with Gasteiger partial charge in [-0.25, -0.2) is 0 Å². The van der Waals surface area contributed by atoms with Crippen molar-refractivity contribution >= 4 is 59.5 Å². The Labute approximate surface area is 199 Å². The number of hydrogen-bond acceptors (Lipinski definition) is 0. The molecule has 0 amide bonds. The Balaban J connectivity index is 1.50. The van der Waals surface area contributed by atoms with Gasteiger partial charge < -0.3 is 9.13 Å². The average Bonchev–Trinajstić information content (AvgIpc) is 3.37. The summed E-state index contributed by atoms with van der Waals surface area (Å²) >= 11 is 3.92. The molecule has 0 radical (unpaired) electrons. The highest BCUT2D eigenvalue weighted by Gasteiger charge is 2.16. The Morgan fingerprint density at radius 1 is 0.424 bits per heavy atom. The van der Waals surface area contributed by atoms with E-state index in [1.807, 2.05) is 0 Å². The molecular formula is C30H19BrN2. The highest BCUT2D eigenvalue weighted by Crippen LogP contribution is 2.37. The number of aromatic nitrogens is 2. The molecule has 7 rings (SSSR count). The van der Waals surface area contributed by atoms with Gasteiger partial charge in [-0.1, -0.05) is 72.8 Å². The first-order valence-electron chi connectivity index (χ1n) is 11.1. The van der Waals surface area contributed by atoms with Gasteiger partial charge in [0, 0.05) is 31.7 Å². The van der Waals surface area contributed by atoms with Crippen molar-refractivity contribution in [3.05, 3.63) is 120 Å². The molecule has 5 aromatic carbocycles. The van der Waals surface area contributed by atoms with Crippen LogP contribution in [-0.2, 0) is 0 Å². The standard InChI is InChI=1S/C30H19BrN2/c31-25-19-20(32-26-13-5-1-9-21(26)22-10-2-6-14-27(22)32)17-18-30(25)33-28-15-7-3-11-23(28)24-12-4-8-16-29(24)33/h1-19H. The molecule has 0 aliphatic carbocycles. The van der Waals surface area contributed by atoms with Gasteiger partial charge in [0.25, 0.3) is 0 Å². The third-order valence-electron chi connectivity index (χ3n) is 6.59. The highest BCUT2D eigenvalue weighted by molar-refractivity contribution is 9.10. The Hall–Kier alpha value is -3.82. The van der Waals surface area contributed by atoms with E-state index in [0.717, 1.165) is 15.8 Å². The van der Waals surface area contributed by atoms with Gasteiger partial charge in [-0.2, -0.15) is 0 Å². The van der Waals surface area contributed by atoms with E-state index in [4.69, 9.17) is 0 Å². The Morgan fingerprint density at radius 2 is 0.818 bits per heavy atom. The molecule has 7 aromatic rings. The van der Waals surface area contributed by atoms with Gasteiger partial charge in [0.05, 0.1) is 27.8 Å². The zero-order valence-electron chi connectivity index (χ0n) is 17.7. The van der Waals surface area contributed by atoms with E-state index in [1.165, 1.54) is 43.6 Å². The molecule has 0 saturated heterocycles. The molecule has 3 heteroatoms. The van der Waals surface area contributed by atoms with Crippen LogP contribution in [0.5, 0.6) is 0 Å². The van der Waals surface area contributed by atoms with Crippen LogP contribution in [-0.4, -0.2) is 9.13 Å². The molecule has 0 aliphatic heterocycles. The lowest BCUT2D eigenvalue weighted by atomic mass is 10.2. The quantitative estimate of drug-likeness (QED) is 0.231. The molecule has 33 heavy (non-hydrogen) atoms. The van der Waals surface area contributed by atoms with Crippen molar-refractivity contribution in [1.82, 2.24) is 9.13 Å². The van der Waals surface area contributed by atoms with E-state index in [2.05, 4.69) is 140 Å². The normalized spacial score (nSPS) is 11.8. The first-order valence-corrected chi connectivity index (χ1v) is 11.9. The van der Waals surface area contributed by atoms with E-state index in [1.54, 1.807) is 0 Å². The van der Waals surface area contributed by atoms with Crippen LogP contribution in [0.4, 0.5) is 0 Å². The molecule has 0 spiro atoms. The van der Waals surface area contributed by atoms with Gasteiger partial charge in [-0.3, -0.25) is 0 Å². The van der Waals surface area contributed by atoms with Crippen molar-refractivity contribution in [2.75, 3.05) is 0 Å². The topological polar surface area (TPSA) is 9.86 Å². The first kappa shape index (κ1) is 18.7. The summed E-state index contributed by atoms with van der Waals surface area (Å²) in [5, 5.41) is 5.09. The molecule has 0 N–H and O–H groups in total. The summed E-state index contributed by atoms with van der Waals surface area (Å²) in [6.07, 6.45) is 0. The number of halogens is 1. The first-order chi connectivity index (χ1) is 16.3. The molecular weight excluding hydrogens is 468 g/mol. The average molecular weight is 487 g/mol. The molecule has 2 heterocycles. The summed E-state index contributed by atoms with van der Waals surface area (Å²) in [7, 11) is 0.